The van der Waals surface area contributed by atoms with Gasteiger partial charge < -0.3 is 15.4 Å². The Hall–Kier alpha value is -1.99. The van der Waals surface area contributed by atoms with Crippen LogP contribution in [0.5, 0.6) is 0 Å². The van der Waals surface area contributed by atoms with Gasteiger partial charge >= 0.3 is 0 Å². The number of nitrogens with one attached hydrogen (secondary N) is 2. The third-order valence-electron chi connectivity index (χ3n) is 2.79. The molecule has 2 N–H and O–H groups in total. The van der Waals surface area contributed by atoms with Gasteiger partial charge in [-0.25, -0.2) is 0 Å². The normalized spacial score (nSPS) is 18.8. The molecule has 1 fully saturated rings. The Morgan fingerprint density at radius 1 is 1.47 bits per heavy atom. The van der Waals surface area contributed by atoms with Crippen molar-refractivity contribution in [3.63, 3.8) is 0 Å². The van der Waals surface area contributed by atoms with E-state index in [1.165, 1.54) is 24.3 Å². The van der Waals surface area contributed by atoms with E-state index in [-0.39, 0.29) is 17.6 Å². The van der Waals surface area contributed by atoms with Crippen LogP contribution >= 0.6 is 0 Å². The van der Waals surface area contributed by atoms with Crippen molar-refractivity contribution in [2.75, 3.05) is 25.1 Å². The average molecular weight is 265 g/mol. The highest BCUT2D eigenvalue weighted by molar-refractivity contribution is 5.91. The predicted octanol–water partition coefficient (Wildman–Crippen LogP) is 0.912. The Morgan fingerprint density at radius 2 is 2.21 bits per heavy atom. The van der Waals surface area contributed by atoms with Crippen LogP contribution in [0.1, 0.15) is 6.42 Å². The number of rotatable bonds is 4. The summed E-state index contributed by atoms with van der Waals surface area (Å²) in [6.07, 6.45) is 0.316. The summed E-state index contributed by atoms with van der Waals surface area (Å²) in [5, 5.41) is 16.4. The molecule has 1 unspecified atom stereocenters. The third kappa shape index (κ3) is 4.01. The van der Waals surface area contributed by atoms with Crippen molar-refractivity contribution >= 4 is 17.3 Å². The fourth-order valence-electron chi connectivity index (χ4n) is 1.85. The number of amides is 1. The average Bonchev–Trinajstić information content (AvgIpc) is 2.40. The highest BCUT2D eigenvalue weighted by atomic mass is 16.6. The molecule has 1 aromatic rings. The standard InChI is InChI=1S/C12H15N3O4/c16-12(7-10-8-19-6-5-13-10)14-9-1-3-11(4-2-9)15(17)18/h1-4,10,13H,5-8H2,(H,14,16). The number of morpholine rings is 1. The summed E-state index contributed by atoms with van der Waals surface area (Å²) in [5.41, 5.74) is 0.549. The first-order chi connectivity index (χ1) is 9.15. The van der Waals surface area contributed by atoms with E-state index in [1.807, 2.05) is 0 Å². The Morgan fingerprint density at radius 3 is 2.79 bits per heavy atom. The Kier molecular flexibility index (Phi) is 4.43. The molecule has 1 aromatic carbocycles. The molecule has 0 bridgehead atoms. The van der Waals surface area contributed by atoms with Crippen LogP contribution in [0.3, 0.4) is 0 Å². The lowest BCUT2D eigenvalue weighted by Gasteiger charge is -2.23. The fourth-order valence-corrected chi connectivity index (χ4v) is 1.85. The van der Waals surface area contributed by atoms with Crippen molar-refractivity contribution in [3.8, 4) is 0 Å². The number of anilines is 1. The topological polar surface area (TPSA) is 93.5 Å². The van der Waals surface area contributed by atoms with Gasteiger partial charge in [0.2, 0.25) is 5.91 Å². The number of non-ortho nitro benzene ring substituents is 1. The second-order valence-corrected chi connectivity index (χ2v) is 4.28. The van der Waals surface area contributed by atoms with E-state index in [4.69, 9.17) is 4.74 Å². The van der Waals surface area contributed by atoms with E-state index in [0.717, 1.165) is 6.54 Å². The van der Waals surface area contributed by atoms with Gasteiger partial charge in [0.15, 0.2) is 0 Å². The van der Waals surface area contributed by atoms with Crippen LogP contribution < -0.4 is 10.6 Å². The quantitative estimate of drug-likeness (QED) is 0.623. The number of nitrogens with zero attached hydrogens (tertiary/aromatic N) is 1. The van der Waals surface area contributed by atoms with E-state index in [2.05, 4.69) is 10.6 Å². The molecule has 0 aliphatic carbocycles. The summed E-state index contributed by atoms with van der Waals surface area (Å²) in [5.74, 6) is -0.142. The van der Waals surface area contributed by atoms with Crippen molar-refractivity contribution in [2.24, 2.45) is 0 Å². The lowest BCUT2D eigenvalue weighted by molar-refractivity contribution is -0.384. The van der Waals surface area contributed by atoms with Gasteiger partial charge in [-0.3, -0.25) is 14.9 Å². The molecule has 1 saturated heterocycles. The molecule has 1 amide bonds. The number of nitro groups is 1. The zero-order valence-corrected chi connectivity index (χ0v) is 10.3. The first-order valence-corrected chi connectivity index (χ1v) is 6.00. The van der Waals surface area contributed by atoms with Crippen molar-refractivity contribution in [3.05, 3.63) is 34.4 Å². The van der Waals surface area contributed by atoms with E-state index in [0.29, 0.717) is 25.3 Å². The monoisotopic (exact) mass is 265 g/mol. The number of hydrogen-bond acceptors (Lipinski definition) is 5. The third-order valence-corrected chi connectivity index (χ3v) is 2.79. The Bertz CT molecular complexity index is 455. The zero-order chi connectivity index (χ0) is 13.7. The molecule has 102 valence electrons. The molecule has 0 spiro atoms. The van der Waals surface area contributed by atoms with Gasteiger partial charge in [0, 0.05) is 36.8 Å². The molecule has 2 rings (SSSR count). The molecule has 7 nitrogen and oxygen atoms in total. The molecule has 1 aliphatic heterocycles. The number of carbonyl (C=O) groups excluding carboxylic acids is 1. The summed E-state index contributed by atoms with van der Waals surface area (Å²) in [6, 6.07) is 5.77. The van der Waals surface area contributed by atoms with Crippen molar-refractivity contribution in [1.29, 1.82) is 0 Å². The van der Waals surface area contributed by atoms with Gasteiger partial charge in [-0.2, -0.15) is 0 Å². The summed E-state index contributed by atoms with van der Waals surface area (Å²) in [7, 11) is 0. The lowest BCUT2D eigenvalue weighted by atomic mass is 10.2. The van der Waals surface area contributed by atoms with Gasteiger partial charge in [-0.05, 0) is 12.1 Å². The van der Waals surface area contributed by atoms with Gasteiger partial charge in [0.05, 0.1) is 18.1 Å². The van der Waals surface area contributed by atoms with Crippen LogP contribution in [-0.2, 0) is 9.53 Å². The minimum Gasteiger partial charge on any atom is -0.378 e. The number of carbonyl (C=O) groups is 1. The van der Waals surface area contributed by atoms with E-state index >= 15 is 0 Å². The number of ether oxygens (including phenoxy) is 1. The van der Waals surface area contributed by atoms with Crippen LogP contribution in [0, 0.1) is 10.1 Å². The van der Waals surface area contributed by atoms with Gasteiger partial charge in [0.1, 0.15) is 0 Å². The Balaban J connectivity index is 1.85. The van der Waals surface area contributed by atoms with Gasteiger partial charge in [-0.1, -0.05) is 0 Å². The molecular weight excluding hydrogens is 250 g/mol. The highest BCUT2D eigenvalue weighted by Gasteiger charge is 2.17. The highest BCUT2D eigenvalue weighted by Crippen LogP contribution is 2.15. The van der Waals surface area contributed by atoms with Gasteiger partial charge in [0.25, 0.3) is 5.69 Å². The maximum atomic E-state index is 11.8. The van der Waals surface area contributed by atoms with Crippen molar-refractivity contribution in [2.45, 2.75) is 12.5 Å². The zero-order valence-electron chi connectivity index (χ0n) is 10.3. The van der Waals surface area contributed by atoms with Crippen molar-refractivity contribution in [1.82, 2.24) is 5.32 Å². The van der Waals surface area contributed by atoms with Gasteiger partial charge in [-0.15, -0.1) is 0 Å². The lowest BCUT2D eigenvalue weighted by Crippen LogP contribution is -2.43. The molecular formula is C12H15N3O4. The first kappa shape index (κ1) is 13.4. The summed E-state index contributed by atoms with van der Waals surface area (Å²) < 4.78 is 5.26. The van der Waals surface area contributed by atoms with Crippen LogP contribution in [-0.4, -0.2) is 36.6 Å². The predicted molar refractivity (Wildman–Crippen MR) is 69.0 cm³/mol. The number of benzene rings is 1. The maximum Gasteiger partial charge on any atom is 0.269 e. The number of hydrogen-bond donors (Lipinski definition) is 2. The van der Waals surface area contributed by atoms with Crippen LogP contribution in [0.4, 0.5) is 11.4 Å². The molecule has 7 heteroatoms. The maximum absolute atomic E-state index is 11.8. The fraction of sp³-hybridized carbons (Fsp3) is 0.417. The van der Waals surface area contributed by atoms with E-state index in [1.54, 1.807) is 0 Å². The molecule has 0 aromatic heterocycles. The first-order valence-electron chi connectivity index (χ1n) is 6.00. The molecule has 0 saturated carbocycles. The largest absolute Gasteiger partial charge is 0.378 e. The molecule has 1 aliphatic rings. The minimum absolute atomic E-state index is 0.000321. The molecule has 1 atom stereocenters. The van der Waals surface area contributed by atoms with Crippen LogP contribution in [0.2, 0.25) is 0 Å². The summed E-state index contributed by atoms with van der Waals surface area (Å²) in [4.78, 5) is 21.8. The molecule has 0 radical (unpaired) electrons. The van der Waals surface area contributed by atoms with E-state index in [9.17, 15) is 14.9 Å². The molecule has 1 heterocycles. The smallest absolute Gasteiger partial charge is 0.269 e. The Labute approximate surface area is 110 Å². The van der Waals surface area contributed by atoms with Crippen molar-refractivity contribution < 1.29 is 14.5 Å². The number of nitro benzene ring substituents is 1. The summed E-state index contributed by atoms with van der Waals surface area (Å²) in [6.45, 7) is 1.93. The SMILES string of the molecule is O=C(CC1COCCN1)Nc1ccc([N+](=O)[O-])cc1. The van der Waals surface area contributed by atoms with Crippen LogP contribution in [0.15, 0.2) is 24.3 Å². The van der Waals surface area contributed by atoms with Crippen LogP contribution in [0.25, 0.3) is 0 Å². The second kappa shape index (κ2) is 6.26. The minimum atomic E-state index is -0.477. The van der Waals surface area contributed by atoms with E-state index < -0.39 is 4.92 Å². The second-order valence-electron chi connectivity index (χ2n) is 4.28. The molecule has 19 heavy (non-hydrogen) atoms. The summed E-state index contributed by atoms with van der Waals surface area (Å²) >= 11 is 0.